The largest absolute Gasteiger partial charge is 0.378 e. The van der Waals surface area contributed by atoms with E-state index in [0.717, 1.165) is 26.2 Å². The van der Waals surface area contributed by atoms with Crippen molar-refractivity contribution in [1.82, 2.24) is 5.32 Å². The number of morpholine rings is 1. The van der Waals surface area contributed by atoms with Gasteiger partial charge in [-0.2, -0.15) is 0 Å². The molecule has 1 unspecified atom stereocenters. The fourth-order valence-electron chi connectivity index (χ4n) is 1.59. The Balaban J connectivity index is 1.91. The zero-order valence-electron chi connectivity index (χ0n) is 9.03. The van der Waals surface area contributed by atoms with Gasteiger partial charge in [-0.15, -0.1) is 11.8 Å². The van der Waals surface area contributed by atoms with E-state index in [1.165, 1.54) is 10.5 Å². The lowest BCUT2D eigenvalue weighted by molar-refractivity contribution is 0.100. The normalized spacial score (nSPS) is 21.5. The number of aryl methyl sites for hydroxylation is 1. The van der Waals surface area contributed by atoms with Gasteiger partial charge in [-0.25, -0.2) is 0 Å². The first-order valence-electron chi connectivity index (χ1n) is 5.45. The van der Waals surface area contributed by atoms with Crippen LogP contribution in [-0.2, 0) is 11.2 Å². The molecular formula is C12H17NOS. The van der Waals surface area contributed by atoms with E-state index in [1.54, 1.807) is 0 Å². The molecular weight excluding hydrogens is 206 g/mol. The Hall–Kier alpha value is -0.510. The standard InChI is InChI=1S/C12H17NOS/c1-2-10-3-5-11(6-4-10)15-12-9-14-8-7-13-12/h3-6,12-13H,2,7-9H2,1H3. The molecule has 0 radical (unpaired) electrons. The summed E-state index contributed by atoms with van der Waals surface area (Å²) in [6.45, 7) is 4.79. The van der Waals surface area contributed by atoms with Gasteiger partial charge in [0.15, 0.2) is 0 Å². The molecule has 1 aliphatic heterocycles. The summed E-state index contributed by atoms with van der Waals surface area (Å²) in [4.78, 5) is 1.32. The van der Waals surface area contributed by atoms with Crippen molar-refractivity contribution in [2.75, 3.05) is 19.8 Å². The first-order chi connectivity index (χ1) is 7.38. The third-order valence-electron chi connectivity index (χ3n) is 2.50. The molecule has 1 saturated heterocycles. The monoisotopic (exact) mass is 223 g/mol. The lowest BCUT2D eigenvalue weighted by Crippen LogP contribution is -2.38. The highest BCUT2D eigenvalue weighted by Gasteiger charge is 2.13. The van der Waals surface area contributed by atoms with E-state index in [4.69, 9.17) is 4.74 Å². The summed E-state index contributed by atoms with van der Waals surface area (Å²) >= 11 is 1.85. The summed E-state index contributed by atoms with van der Waals surface area (Å²) in [7, 11) is 0. The van der Waals surface area contributed by atoms with Crippen LogP contribution in [0.4, 0.5) is 0 Å². The fourth-order valence-corrected chi connectivity index (χ4v) is 2.57. The predicted octanol–water partition coefficient (Wildman–Crippen LogP) is 2.29. The fraction of sp³-hybridized carbons (Fsp3) is 0.500. The van der Waals surface area contributed by atoms with E-state index < -0.39 is 0 Å². The van der Waals surface area contributed by atoms with Gasteiger partial charge in [0, 0.05) is 11.4 Å². The zero-order valence-corrected chi connectivity index (χ0v) is 9.85. The Bertz CT molecular complexity index is 293. The SMILES string of the molecule is CCc1ccc(SC2COCCN2)cc1. The first kappa shape index (κ1) is 11.0. The Labute approximate surface area is 95.4 Å². The van der Waals surface area contributed by atoms with Gasteiger partial charge < -0.3 is 10.1 Å². The Morgan fingerprint density at radius 3 is 2.80 bits per heavy atom. The maximum atomic E-state index is 5.42. The minimum absolute atomic E-state index is 0.409. The molecule has 1 fully saturated rings. The van der Waals surface area contributed by atoms with Gasteiger partial charge in [-0.05, 0) is 24.1 Å². The Morgan fingerprint density at radius 1 is 1.40 bits per heavy atom. The van der Waals surface area contributed by atoms with Gasteiger partial charge in [-0.3, -0.25) is 0 Å². The molecule has 0 amide bonds. The van der Waals surface area contributed by atoms with Gasteiger partial charge in [0.25, 0.3) is 0 Å². The molecule has 0 saturated carbocycles. The van der Waals surface area contributed by atoms with Crippen molar-refractivity contribution >= 4 is 11.8 Å². The molecule has 2 nitrogen and oxygen atoms in total. The lowest BCUT2D eigenvalue weighted by atomic mass is 10.2. The van der Waals surface area contributed by atoms with Gasteiger partial charge in [0.05, 0.1) is 18.6 Å². The van der Waals surface area contributed by atoms with E-state index in [9.17, 15) is 0 Å². The second-order valence-electron chi connectivity index (χ2n) is 3.63. The van der Waals surface area contributed by atoms with E-state index in [1.807, 2.05) is 11.8 Å². The van der Waals surface area contributed by atoms with E-state index >= 15 is 0 Å². The third-order valence-corrected chi connectivity index (χ3v) is 3.63. The minimum atomic E-state index is 0.409. The van der Waals surface area contributed by atoms with Crippen molar-refractivity contribution in [2.24, 2.45) is 0 Å². The molecule has 0 aromatic heterocycles. The molecule has 0 aliphatic carbocycles. The average Bonchev–Trinajstić information content (AvgIpc) is 2.31. The molecule has 2 rings (SSSR count). The number of hydrogen-bond acceptors (Lipinski definition) is 3. The molecule has 1 N–H and O–H groups in total. The van der Waals surface area contributed by atoms with Gasteiger partial charge in [0.2, 0.25) is 0 Å². The van der Waals surface area contributed by atoms with Gasteiger partial charge in [0.1, 0.15) is 0 Å². The van der Waals surface area contributed by atoms with Crippen LogP contribution in [0.1, 0.15) is 12.5 Å². The van der Waals surface area contributed by atoms with Gasteiger partial charge in [-0.1, -0.05) is 19.1 Å². The highest BCUT2D eigenvalue weighted by atomic mass is 32.2. The molecule has 0 spiro atoms. The van der Waals surface area contributed by atoms with Crippen LogP contribution >= 0.6 is 11.8 Å². The number of thioether (sulfide) groups is 1. The lowest BCUT2D eigenvalue weighted by Gasteiger charge is -2.23. The molecule has 1 aliphatic rings. The number of rotatable bonds is 3. The summed E-state index contributed by atoms with van der Waals surface area (Å²) in [5, 5.41) is 3.84. The second kappa shape index (κ2) is 5.54. The smallest absolute Gasteiger partial charge is 0.0817 e. The van der Waals surface area contributed by atoms with Crippen LogP contribution in [0.3, 0.4) is 0 Å². The van der Waals surface area contributed by atoms with Crippen molar-refractivity contribution < 1.29 is 4.74 Å². The van der Waals surface area contributed by atoms with E-state index in [-0.39, 0.29) is 0 Å². The summed E-state index contributed by atoms with van der Waals surface area (Å²) in [5.74, 6) is 0. The molecule has 3 heteroatoms. The molecule has 1 atom stereocenters. The van der Waals surface area contributed by atoms with Crippen LogP contribution in [0.5, 0.6) is 0 Å². The van der Waals surface area contributed by atoms with Crippen LogP contribution < -0.4 is 5.32 Å². The molecule has 82 valence electrons. The molecule has 1 aromatic rings. The van der Waals surface area contributed by atoms with Crippen molar-refractivity contribution in [3.8, 4) is 0 Å². The van der Waals surface area contributed by atoms with Crippen molar-refractivity contribution in [1.29, 1.82) is 0 Å². The second-order valence-corrected chi connectivity index (χ2v) is 4.91. The zero-order chi connectivity index (χ0) is 10.5. The maximum absolute atomic E-state index is 5.42. The topological polar surface area (TPSA) is 21.3 Å². The summed E-state index contributed by atoms with van der Waals surface area (Å²) in [6, 6.07) is 8.79. The number of ether oxygens (including phenoxy) is 1. The van der Waals surface area contributed by atoms with E-state index in [0.29, 0.717) is 5.37 Å². The van der Waals surface area contributed by atoms with Crippen LogP contribution in [0.2, 0.25) is 0 Å². The van der Waals surface area contributed by atoms with Crippen molar-refractivity contribution in [3.63, 3.8) is 0 Å². The van der Waals surface area contributed by atoms with Crippen molar-refractivity contribution in [3.05, 3.63) is 29.8 Å². The van der Waals surface area contributed by atoms with Gasteiger partial charge >= 0.3 is 0 Å². The summed E-state index contributed by atoms with van der Waals surface area (Å²) in [5.41, 5.74) is 1.40. The summed E-state index contributed by atoms with van der Waals surface area (Å²) < 4.78 is 5.42. The van der Waals surface area contributed by atoms with E-state index in [2.05, 4.69) is 36.5 Å². The number of benzene rings is 1. The van der Waals surface area contributed by atoms with Crippen LogP contribution in [0, 0.1) is 0 Å². The predicted molar refractivity (Wildman–Crippen MR) is 64.3 cm³/mol. The first-order valence-corrected chi connectivity index (χ1v) is 6.33. The number of nitrogens with one attached hydrogen (secondary N) is 1. The van der Waals surface area contributed by atoms with Crippen molar-refractivity contribution in [2.45, 2.75) is 23.6 Å². The summed E-state index contributed by atoms with van der Waals surface area (Å²) in [6.07, 6.45) is 1.11. The Kier molecular flexibility index (Phi) is 4.06. The molecule has 15 heavy (non-hydrogen) atoms. The maximum Gasteiger partial charge on any atom is 0.0817 e. The van der Waals surface area contributed by atoms with Crippen LogP contribution in [0.15, 0.2) is 29.2 Å². The minimum Gasteiger partial charge on any atom is -0.378 e. The molecule has 1 heterocycles. The molecule has 1 aromatic carbocycles. The van der Waals surface area contributed by atoms with Crippen LogP contribution in [-0.4, -0.2) is 25.1 Å². The highest BCUT2D eigenvalue weighted by molar-refractivity contribution is 8.00. The third kappa shape index (κ3) is 3.23. The molecule has 0 bridgehead atoms. The highest BCUT2D eigenvalue weighted by Crippen LogP contribution is 2.23. The van der Waals surface area contributed by atoms with Crippen LogP contribution in [0.25, 0.3) is 0 Å². The quantitative estimate of drug-likeness (QED) is 0.849. The number of hydrogen-bond donors (Lipinski definition) is 1. The average molecular weight is 223 g/mol. The Morgan fingerprint density at radius 2 is 2.20 bits per heavy atom.